The van der Waals surface area contributed by atoms with Crippen molar-refractivity contribution >= 4 is 33.1 Å². The minimum Gasteiger partial charge on any atom is -0.484 e. The number of nitrogens with zero attached hydrogens (tertiary/aromatic N) is 2. The average molecular weight is 396 g/mol. The first-order valence-electron chi connectivity index (χ1n) is 9.74. The fourth-order valence-corrected chi connectivity index (χ4v) is 4.38. The smallest absolute Gasteiger partial charge is 0.264 e. The number of aromatic nitrogens is 1. The Balaban J connectivity index is 1.28. The number of fused-ring (bicyclic) bond motifs is 1. The van der Waals surface area contributed by atoms with Crippen LogP contribution in [-0.4, -0.2) is 35.5 Å². The summed E-state index contributed by atoms with van der Waals surface area (Å²) >= 11 is 1.47. The standard InChI is InChI=1S/C22H25N3O2S/c1-16-5-4-10-25(12-16)13-19-15-28-22(23-19)24-21(26)14-27-20-9-8-17-6-2-3-7-18(17)11-20/h2-3,6-9,11,15-16H,4-5,10,12-14H2,1H3,(H,23,24,26)/t16-/m0/s1. The van der Waals surface area contributed by atoms with Crippen molar-refractivity contribution in [3.8, 4) is 5.75 Å². The second-order valence-corrected chi connectivity index (χ2v) is 8.33. The molecule has 0 spiro atoms. The molecule has 1 aromatic heterocycles. The molecule has 146 valence electrons. The summed E-state index contributed by atoms with van der Waals surface area (Å²) in [5.41, 5.74) is 1.02. The Labute approximate surface area is 169 Å². The Morgan fingerprint density at radius 2 is 2.14 bits per heavy atom. The summed E-state index contributed by atoms with van der Waals surface area (Å²) in [7, 11) is 0. The van der Waals surface area contributed by atoms with E-state index in [0.717, 1.165) is 42.0 Å². The summed E-state index contributed by atoms with van der Waals surface area (Å²) in [6.07, 6.45) is 2.56. The van der Waals surface area contributed by atoms with Crippen LogP contribution in [0.4, 0.5) is 5.13 Å². The van der Waals surface area contributed by atoms with Gasteiger partial charge in [-0.25, -0.2) is 4.98 Å². The van der Waals surface area contributed by atoms with E-state index in [9.17, 15) is 4.79 Å². The second kappa shape index (κ2) is 8.71. The lowest BCUT2D eigenvalue weighted by Crippen LogP contribution is -2.33. The van der Waals surface area contributed by atoms with E-state index in [-0.39, 0.29) is 12.5 Å². The van der Waals surface area contributed by atoms with Gasteiger partial charge in [0.05, 0.1) is 5.69 Å². The lowest BCUT2D eigenvalue weighted by molar-refractivity contribution is -0.118. The Hall–Kier alpha value is -2.44. The zero-order valence-corrected chi connectivity index (χ0v) is 16.9. The number of carbonyl (C=O) groups excluding carboxylic acids is 1. The number of likely N-dealkylation sites (tertiary alicyclic amines) is 1. The maximum atomic E-state index is 12.2. The van der Waals surface area contributed by atoms with Crippen LogP contribution < -0.4 is 10.1 Å². The van der Waals surface area contributed by atoms with Crippen molar-refractivity contribution in [3.63, 3.8) is 0 Å². The van der Waals surface area contributed by atoms with Gasteiger partial charge in [-0.15, -0.1) is 11.3 Å². The molecule has 3 aromatic rings. The Morgan fingerprint density at radius 3 is 3.00 bits per heavy atom. The maximum Gasteiger partial charge on any atom is 0.264 e. The van der Waals surface area contributed by atoms with Gasteiger partial charge in [0.2, 0.25) is 0 Å². The van der Waals surface area contributed by atoms with Gasteiger partial charge in [-0.05, 0) is 48.2 Å². The quantitative estimate of drug-likeness (QED) is 0.665. The first-order chi connectivity index (χ1) is 13.7. The van der Waals surface area contributed by atoms with Gasteiger partial charge in [0.1, 0.15) is 5.75 Å². The van der Waals surface area contributed by atoms with Crippen molar-refractivity contribution < 1.29 is 9.53 Å². The van der Waals surface area contributed by atoms with E-state index in [4.69, 9.17) is 4.74 Å². The van der Waals surface area contributed by atoms with Crippen LogP contribution in [0.25, 0.3) is 10.8 Å². The molecule has 2 heterocycles. The van der Waals surface area contributed by atoms with Crippen LogP contribution in [0.1, 0.15) is 25.5 Å². The summed E-state index contributed by atoms with van der Waals surface area (Å²) in [4.78, 5) is 19.2. The third-order valence-corrected chi connectivity index (χ3v) is 5.82. The van der Waals surface area contributed by atoms with Crippen LogP contribution in [0, 0.1) is 5.92 Å². The van der Waals surface area contributed by atoms with Crippen LogP contribution in [0.3, 0.4) is 0 Å². The summed E-state index contributed by atoms with van der Waals surface area (Å²) in [5.74, 6) is 1.24. The van der Waals surface area contributed by atoms with Gasteiger partial charge in [-0.2, -0.15) is 0 Å². The van der Waals surface area contributed by atoms with Crippen molar-refractivity contribution in [1.82, 2.24) is 9.88 Å². The number of hydrogen-bond acceptors (Lipinski definition) is 5. The molecule has 1 aliphatic heterocycles. The lowest BCUT2D eigenvalue weighted by atomic mass is 10.0. The monoisotopic (exact) mass is 395 g/mol. The molecular weight excluding hydrogens is 370 g/mol. The summed E-state index contributed by atoms with van der Waals surface area (Å²) in [6.45, 7) is 5.37. The summed E-state index contributed by atoms with van der Waals surface area (Å²) < 4.78 is 5.64. The van der Waals surface area contributed by atoms with Crippen molar-refractivity contribution in [2.24, 2.45) is 5.92 Å². The molecule has 1 amide bonds. The highest BCUT2D eigenvalue weighted by Gasteiger charge is 2.17. The highest BCUT2D eigenvalue weighted by Crippen LogP contribution is 2.22. The fraction of sp³-hybridized carbons (Fsp3) is 0.364. The first kappa shape index (κ1) is 18.9. The van der Waals surface area contributed by atoms with Crippen LogP contribution in [-0.2, 0) is 11.3 Å². The van der Waals surface area contributed by atoms with Crippen molar-refractivity contribution in [2.45, 2.75) is 26.3 Å². The van der Waals surface area contributed by atoms with E-state index in [0.29, 0.717) is 10.9 Å². The van der Waals surface area contributed by atoms with E-state index in [1.165, 1.54) is 24.2 Å². The second-order valence-electron chi connectivity index (χ2n) is 7.47. The molecule has 1 atom stereocenters. The molecule has 0 radical (unpaired) electrons. The zero-order valence-electron chi connectivity index (χ0n) is 16.1. The first-order valence-corrected chi connectivity index (χ1v) is 10.6. The third kappa shape index (κ3) is 4.88. The minimum atomic E-state index is -0.194. The molecule has 1 aliphatic rings. The number of amides is 1. The predicted octanol–water partition coefficient (Wildman–Crippen LogP) is 4.55. The zero-order chi connectivity index (χ0) is 19.3. The number of carbonyl (C=O) groups is 1. The number of benzene rings is 2. The third-order valence-electron chi connectivity index (χ3n) is 5.02. The van der Waals surface area contributed by atoms with Crippen molar-refractivity contribution in [1.29, 1.82) is 0 Å². The molecule has 1 saturated heterocycles. The maximum absolute atomic E-state index is 12.2. The van der Waals surface area contributed by atoms with Crippen molar-refractivity contribution in [3.05, 3.63) is 53.5 Å². The van der Waals surface area contributed by atoms with Gasteiger partial charge in [-0.1, -0.05) is 37.3 Å². The summed E-state index contributed by atoms with van der Waals surface area (Å²) in [5, 5.41) is 7.74. The molecule has 0 unspecified atom stereocenters. The number of anilines is 1. The molecule has 28 heavy (non-hydrogen) atoms. The molecule has 2 aromatic carbocycles. The molecule has 4 rings (SSSR count). The van der Waals surface area contributed by atoms with E-state index < -0.39 is 0 Å². The van der Waals surface area contributed by atoms with Crippen LogP contribution in [0.2, 0.25) is 0 Å². The molecule has 0 bridgehead atoms. The average Bonchev–Trinajstić information content (AvgIpc) is 3.13. The molecule has 1 fully saturated rings. The Bertz CT molecular complexity index is 956. The Kier molecular flexibility index (Phi) is 5.88. The highest BCUT2D eigenvalue weighted by atomic mass is 32.1. The number of ether oxygens (including phenoxy) is 1. The number of nitrogens with one attached hydrogen (secondary N) is 1. The van der Waals surface area contributed by atoms with Gasteiger partial charge in [0, 0.05) is 18.5 Å². The number of thiazole rings is 1. The topological polar surface area (TPSA) is 54.5 Å². The minimum absolute atomic E-state index is 0.0309. The molecule has 5 nitrogen and oxygen atoms in total. The van der Waals surface area contributed by atoms with Gasteiger partial charge >= 0.3 is 0 Å². The number of rotatable bonds is 6. The van der Waals surface area contributed by atoms with Crippen LogP contribution >= 0.6 is 11.3 Å². The lowest BCUT2D eigenvalue weighted by Gasteiger charge is -2.30. The van der Waals surface area contributed by atoms with E-state index in [2.05, 4.69) is 28.2 Å². The highest BCUT2D eigenvalue weighted by molar-refractivity contribution is 7.13. The number of hydrogen-bond donors (Lipinski definition) is 1. The van der Waals surface area contributed by atoms with Gasteiger partial charge in [-0.3, -0.25) is 15.0 Å². The molecule has 0 saturated carbocycles. The largest absolute Gasteiger partial charge is 0.484 e. The molecule has 6 heteroatoms. The SMILES string of the molecule is C[C@H]1CCCN(Cc2csc(NC(=O)COc3ccc4ccccc4c3)n2)C1. The predicted molar refractivity (Wildman–Crippen MR) is 114 cm³/mol. The van der Waals surface area contributed by atoms with Gasteiger partial charge < -0.3 is 4.74 Å². The normalized spacial score (nSPS) is 17.5. The van der Waals surface area contributed by atoms with E-state index in [1.807, 2.05) is 41.8 Å². The molecular formula is C22H25N3O2S. The number of piperidine rings is 1. The van der Waals surface area contributed by atoms with Gasteiger partial charge in [0.25, 0.3) is 5.91 Å². The Morgan fingerprint density at radius 1 is 1.29 bits per heavy atom. The van der Waals surface area contributed by atoms with E-state index in [1.54, 1.807) is 0 Å². The van der Waals surface area contributed by atoms with Gasteiger partial charge in [0.15, 0.2) is 11.7 Å². The fourth-order valence-electron chi connectivity index (χ4n) is 3.66. The molecule has 1 N–H and O–H groups in total. The van der Waals surface area contributed by atoms with Crippen LogP contribution in [0.5, 0.6) is 5.75 Å². The summed E-state index contributed by atoms with van der Waals surface area (Å²) in [6, 6.07) is 13.9. The van der Waals surface area contributed by atoms with Crippen LogP contribution in [0.15, 0.2) is 47.8 Å². The van der Waals surface area contributed by atoms with Crippen molar-refractivity contribution in [2.75, 3.05) is 25.0 Å². The van der Waals surface area contributed by atoms with E-state index >= 15 is 0 Å². The molecule has 0 aliphatic carbocycles.